The van der Waals surface area contributed by atoms with E-state index >= 15 is 0 Å². The highest BCUT2D eigenvalue weighted by Gasteiger charge is 2.51. The normalized spacial score (nSPS) is 29.4. The van der Waals surface area contributed by atoms with E-state index in [9.17, 15) is 39.6 Å². The summed E-state index contributed by atoms with van der Waals surface area (Å²) in [5.74, 6) is -6.51. The second-order valence-corrected chi connectivity index (χ2v) is 21.7. The van der Waals surface area contributed by atoms with E-state index in [1.54, 1.807) is 57.7 Å². The summed E-state index contributed by atoms with van der Waals surface area (Å²) in [5, 5.41) is 51.3. The number of phenolic OH excluding ortho intramolecular Hbond substituents is 2. The first kappa shape index (κ1) is 54.0. The van der Waals surface area contributed by atoms with Crippen LogP contribution in [0.3, 0.4) is 0 Å². The van der Waals surface area contributed by atoms with Crippen LogP contribution in [0.5, 0.6) is 23.0 Å². The maximum atomic E-state index is 14.9. The fourth-order valence-corrected chi connectivity index (χ4v) is 11.1. The predicted molar refractivity (Wildman–Crippen MR) is 277 cm³/mol. The second-order valence-electron chi connectivity index (χ2n) is 21.7. The first-order valence-corrected chi connectivity index (χ1v) is 26.2. The van der Waals surface area contributed by atoms with Gasteiger partial charge in [0.2, 0.25) is 5.91 Å². The number of piperidine rings is 2. The van der Waals surface area contributed by atoms with Gasteiger partial charge in [0.05, 0.1) is 35.1 Å². The molecule has 0 aliphatic carbocycles. The first-order chi connectivity index (χ1) is 35.1. The van der Waals surface area contributed by atoms with Crippen molar-refractivity contribution in [2.45, 2.75) is 137 Å². The number of ether oxygens (including phenoxy) is 4. The summed E-state index contributed by atoms with van der Waals surface area (Å²) in [6.45, 7) is 19.1. The Kier molecular flexibility index (Phi) is 16.0. The zero-order valence-electron chi connectivity index (χ0n) is 44.1. The number of aromatic hydroxyl groups is 2. The lowest BCUT2D eigenvalue weighted by Gasteiger charge is -2.38. The number of aliphatic hydroxyl groups is 2. The van der Waals surface area contributed by atoms with E-state index in [1.807, 2.05) is 37.3 Å². The highest BCUT2D eigenvalue weighted by Crippen LogP contribution is 2.51. The fourth-order valence-electron chi connectivity index (χ4n) is 11.1. The van der Waals surface area contributed by atoms with Crippen molar-refractivity contribution in [3.63, 3.8) is 0 Å². The quantitative estimate of drug-likeness (QED) is 0.0959. The lowest BCUT2D eigenvalue weighted by molar-refractivity contribution is -0.162. The maximum absolute atomic E-state index is 14.9. The zero-order chi connectivity index (χ0) is 53.4. The van der Waals surface area contributed by atoms with Crippen molar-refractivity contribution >= 4 is 40.0 Å². The number of aliphatic hydroxyl groups excluding tert-OH is 2. The van der Waals surface area contributed by atoms with Crippen molar-refractivity contribution in [2.75, 3.05) is 38.0 Å². The van der Waals surface area contributed by atoms with Gasteiger partial charge < -0.3 is 54.5 Å². The fraction of sp³-hybridized carbons (Fsp3) is 0.544. The van der Waals surface area contributed by atoms with Crippen LogP contribution >= 0.6 is 0 Å². The number of Topliss-reactive ketones (excluding diaryl/α,β-unsaturated/α-hetero) is 1. The van der Waals surface area contributed by atoms with Crippen molar-refractivity contribution in [3.8, 4) is 23.0 Å². The van der Waals surface area contributed by atoms with E-state index in [0.717, 1.165) is 12.3 Å². The summed E-state index contributed by atoms with van der Waals surface area (Å²) in [6, 6.07) is 9.49. The van der Waals surface area contributed by atoms with Crippen LogP contribution in [0.2, 0.25) is 0 Å². The van der Waals surface area contributed by atoms with Gasteiger partial charge in [0.15, 0.2) is 5.75 Å². The molecule has 0 saturated carbocycles. The van der Waals surface area contributed by atoms with Gasteiger partial charge in [-0.15, -0.1) is 0 Å². The highest BCUT2D eigenvalue weighted by molar-refractivity contribution is 6.21. The van der Waals surface area contributed by atoms with Crippen molar-refractivity contribution < 1.29 is 58.6 Å². The summed E-state index contributed by atoms with van der Waals surface area (Å²) < 4.78 is 24.7. The average Bonchev–Trinajstić information content (AvgIpc) is 3.87. The molecular weight excluding hydrogens is 947 g/mol. The summed E-state index contributed by atoms with van der Waals surface area (Å²) in [7, 11) is 0. The van der Waals surface area contributed by atoms with Gasteiger partial charge in [-0.3, -0.25) is 24.2 Å². The number of para-hydroxylation sites is 1. The average molecular weight is 1020 g/mol. The third kappa shape index (κ3) is 10.9. The molecule has 398 valence electrons. The number of carbonyl (C=O) groups excluding carboxylic acids is 4. The molecule has 0 radical (unpaired) electrons. The van der Waals surface area contributed by atoms with Crippen molar-refractivity contribution in [2.24, 2.45) is 39.6 Å². The van der Waals surface area contributed by atoms with Crippen molar-refractivity contribution in [1.29, 1.82) is 0 Å². The minimum Gasteiger partial charge on any atom is -0.507 e. The van der Waals surface area contributed by atoms with Crippen LogP contribution in [0.15, 0.2) is 76.5 Å². The smallest absolute Gasteiger partial charge is 0.315 e. The highest BCUT2D eigenvalue weighted by atomic mass is 16.7. The van der Waals surface area contributed by atoms with Crippen LogP contribution in [-0.4, -0.2) is 122 Å². The van der Waals surface area contributed by atoms with Gasteiger partial charge in [-0.25, -0.2) is 4.99 Å². The number of anilines is 1. The van der Waals surface area contributed by atoms with Gasteiger partial charge in [0.25, 0.3) is 11.7 Å². The molecule has 2 amide bonds. The molecule has 3 aromatic carbocycles. The Morgan fingerprint density at radius 1 is 0.919 bits per heavy atom. The Labute approximate surface area is 432 Å². The molecule has 6 aliphatic rings. The minimum atomic E-state index is -1.95. The number of phenols is 2. The SMILES string of the molecule is C/C1=C/C=C/[C@H](C)[C@H](O)[C@@H](C)[C@@H](O)[C@@H](C)[C@H](OC(=O)CC(=O)N2CCC(Oc3ccccc3)CC2)[C@H](C)C/C=C/O[C@@]2(C)Oc3c(C)c(O)c4c(O)c(c5c(c4c3C2=O)NC2(CCN(CC(C)C)CC2)N=5)=NC1=O. The molecule has 0 aromatic heterocycles. The Bertz CT molecular complexity index is 2870. The third-order valence-corrected chi connectivity index (χ3v) is 15.6. The number of benzene rings is 3. The Morgan fingerprint density at radius 3 is 2.28 bits per heavy atom. The number of amides is 2. The number of likely N-dealkylation sites (tertiary alicyclic amines) is 2. The monoisotopic (exact) mass is 1020 g/mol. The summed E-state index contributed by atoms with van der Waals surface area (Å²) >= 11 is 0. The molecule has 74 heavy (non-hydrogen) atoms. The lowest BCUT2D eigenvalue weighted by atomic mass is 9.79. The minimum absolute atomic E-state index is 0.0521. The van der Waals surface area contributed by atoms with E-state index in [4.69, 9.17) is 23.9 Å². The number of nitrogens with zero attached hydrogens (tertiary/aromatic N) is 4. The number of esters is 1. The first-order valence-electron chi connectivity index (χ1n) is 26.2. The number of nitrogens with one attached hydrogen (secondary N) is 1. The number of fused-ring (bicyclic) bond motifs is 13. The van der Waals surface area contributed by atoms with Gasteiger partial charge in [-0.05, 0) is 50.3 Å². The largest absolute Gasteiger partial charge is 0.507 e. The van der Waals surface area contributed by atoms with E-state index in [0.29, 0.717) is 63.5 Å². The Morgan fingerprint density at radius 2 is 1.61 bits per heavy atom. The van der Waals surface area contributed by atoms with E-state index in [2.05, 4.69) is 29.1 Å². The Balaban J connectivity index is 1.11. The topological polar surface area (TPSA) is 229 Å². The molecule has 17 heteroatoms. The van der Waals surface area contributed by atoms with Gasteiger partial charge in [-0.2, -0.15) is 0 Å². The van der Waals surface area contributed by atoms with E-state index in [1.165, 1.54) is 19.3 Å². The molecule has 9 rings (SSSR count). The lowest BCUT2D eigenvalue weighted by Crippen LogP contribution is -2.47. The van der Waals surface area contributed by atoms with Crippen molar-refractivity contribution in [3.05, 3.63) is 88.3 Å². The van der Waals surface area contributed by atoms with Gasteiger partial charge in [0.1, 0.15) is 52.3 Å². The molecule has 0 unspecified atom stereocenters. The van der Waals surface area contributed by atoms with Gasteiger partial charge in [0, 0.05) is 99.6 Å². The summed E-state index contributed by atoms with van der Waals surface area (Å²) in [5.41, 5.74) is -0.153. The standard InChI is InChI=1S/C57H73N5O12/c1-31(2)30-61-26-22-57(23-27-61)59-45-42-43-50(67)37(8)53-44(42)54(69)56(9,74-53)71-28-14-17-33(4)52(73-41(64)29-40(63)62-24-20-39(21-25-62)72-38-18-11-10-12-19-38)36(7)49(66)35(6)48(65)32(3)15-13-16-34(5)55(70)58-47(51(43)68)46(45)60-57/h10-16,18-19,28,31-33,35-36,39,48-49,52,59,65-68H,17,20-27,29-30H2,1-9H3/b15-13+,28-14+,34-16-,58-47?/t32-,33+,35+,36+,48-,49+,52+,56-/m0/s1. The van der Waals surface area contributed by atoms with Crippen LogP contribution in [0.1, 0.15) is 110 Å². The molecule has 5 bridgehead atoms. The molecule has 6 heterocycles. The predicted octanol–water partition coefficient (Wildman–Crippen LogP) is 6.56. The molecule has 2 saturated heterocycles. The summed E-state index contributed by atoms with van der Waals surface area (Å²) in [4.78, 5) is 69.7. The van der Waals surface area contributed by atoms with Crippen LogP contribution in [0.4, 0.5) is 5.69 Å². The van der Waals surface area contributed by atoms with Crippen LogP contribution in [0, 0.1) is 36.5 Å². The van der Waals surface area contributed by atoms with E-state index < -0.39 is 83.3 Å². The Hall–Kier alpha value is -6.30. The molecule has 8 atom stereocenters. The molecule has 6 aliphatic heterocycles. The van der Waals surface area contributed by atoms with E-state index in [-0.39, 0.29) is 68.1 Å². The molecular formula is C57H73N5O12. The molecule has 2 fully saturated rings. The van der Waals surface area contributed by atoms with Crippen molar-refractivity contribution in [1.82, 2.24) is 9.80 Å². The third-order valence-electron chi connectivity index (χ3n) is 15.6. The second kappa shape index (κ2) is 21.9. The molecule has 17 nitrogen and oxygen atoms in total. The number of allylic oxidation sites excluding steroid dienone is 3. The number of ketones is 1. The molecule has 3 aromatic rings. The van der Waals surface area contributed by atoms with Crippen LogP contribution < -0.4 is 25.5 Å². The van der Waals surface area contributed by atoms with Gasteiger partial charge in [-0.1, -0.05) is 78.0 Å². The van der Waals surface area contributed by atoms with Crippen LogP contribution in [-0.2, 0) is 23.9 Å². The van der Waals surface area contributed by atoms with Crippen LogP contribution in [0.25, 0.3) is 10.8 Å². The maximum Gasteiger partial charge on any atom is 0.315 e. The number of rotatable bonds is 7. The number of hydrogen-bond donors (Lipinski definition) is 5. The number of hydrogen-bond acceptors (Lipinski definition) is 15. The molecule has 5 N–H and O–H groups in total. The molecule has 1 spiro atoms. The zero-order valence-corrected chi connectivity index (χ0v) is 44.1. The van der Waals surface area contributed by atoms with Gasteiger partial charge >= 0.3 is 11.8 Å². The number of carbonyl (C=O) groups is 4. The summed E-state index contributed by atoms with van der Waals surface area (Å²) in [6.07, 6.45) is 6.59.